The highest BCUT2D eigenvalue weighted by atomic mass is 35.5. The van der Waals surface area contributed by atoms with Gasteiger partial charge in [0.05, 0.1) is 17.5 Å². The number of nitrogens with zero attached hydrogens (tertiary/aromatic N) is 4. The van der Waals surface area contributed by atoms with E-state index >= 15 is 4.39 Å². The van der Waals surface area contributed by atoms with Gasteiger partial charge in [-0.15, -0.1) is 0 Å². The van der Waals surface area contributed by atoms with Gasteiger partial charge in [0.1, 0.15) is 40.3 Å². The fourth-order valence-corrected chi connectivity index (χ4v) is 5.95. The molecule has 1 aromatic heterocycles. The second-order valence-corrected chi connectivity index (χ2v) is 10.9. The van der Waals surface area contributed by atoms with Gasteiger partial charge in [-0.2, -0.15) is 0 Å². The van der Waals surface area contributed by atoms with E-state index in [1.807, 2.05) is 13.8 Å². The van der Waals surface area contributed by atoms with Crippen LogP contribution in [0.1, 0.15) is 30.6 Å². The lowest BCUT2D eigenvalue weighted by Crippen LogP contribution is -2.57. The SMILES string of the molecule is C=CC(=O)N1CCN2C(=O)c3c(N4C[C@H](C(=O)O)CC4(C)C)nc(-c4c(O)cccc4F)c(Cl)c3OC[C@H]2C1. The van der Waals surface area contributed by atoms with Gasteiger partial charge in [0.15, 0.2) is 5.75 Å². The first-order chi connectivity index (χ1) is 18.4. The van der Waals surface area contributed by atoms with Crippen molar-refractivity contribution in [3.8, 4) is 22.8 Å². The van der Waals surface area contributed by atoms with E-state index in [9.17, 15) is 24.6 Å². The predicted molar refractivity (Wildman–Crippen MR) is 141 cm³/mol. The molecule has 5 rings (SSSR count). The number of carboxylic acids is 1. The number of ether oxygens (including phenoxy) is 1. The number of benzene rings is 1. The Labute approximate surface area is 229 Å². The quantitative estimate of drug-likeness (QED) is 0.549. The molecule has 2 saturated heterocycles. The Balaban J connectivity index is 1.70. The Morgan fingerprint density at radius 3 is 2.64 bits per heavy atom. The largest absolute Gasteiger partial charge is 0.507 e. The van der Waals surface area contributed by atoms with Crippen molar-refractivity contribution in [1.29, 1.82) is 0 Å². The van der Waals surface area contributed by atoms with E-state index in [-0.39, 0.29) is 78.5 Å². The highest BCUT2D eigenvalue weighted by molar-refractivity contribution is 6.35. The first kappa shape index (κ1) is 26.7. The highest BCUT2D eigenvalue weighted by Gasteiger charge is 2.47. The number of hydrogen-bond donors (Lipinski definition) is 2. The van der Waals surface area contributed by atoms with Gasteiger partial charge in [0.2, 0.25) is 5.91 Å². The second kappa shape index (κ2) is 9.71. The van der Waals surface area contributed by atoms with Crippen LogP contribution in [0.5, 0.6) is 11.5 Å². The third-order valence-electron chi connectivity index (χ3n) is 7.65. The van der Waals surface area contributed by atoms with Crippen LogP contribution in [-0.4, -0.2) is 87.1 Å². The molecule has 4 heterocycles. The van der Waals surface area contributed by atoms with Gasteiger partial charge in [0.25, 0.3) is 5.91 Å². The summed E-state index contributed by atoms with van der Waals surface area (Å²) in [5.74, 6) is -3.55. The number of hydrogen-bond acceptors (Lipinski definition) is 7. The summed E-state index contributed by atoms with van der Waals surface area (Å²) in [5, 5.41) is 20.1. The number of phenols is 1. The van der Waals surface area contributed by atoms with Gasteiger partial charge in [-0.3, -0.25) is 14.4 Å². The molecule has 3 aliphatic rings. The molecular weight excluding hydrogens is 531 g/mol. The third-order valence-corrected chi connectivity index (χ3v) is 8.00. The Morgan fingerprint density at radius 1 is 1.26 bits per heavy atom. The molecule has 2 amide bonds. The maximum absolute atomic E-state index is 15.0. The summed E-state index contributed by atoms with van der Waals surface area (Å²) >= 11 is 6.74. The van der Waals surface area contributed by atoms with Gasteiger partial charge in [-0.1, -0.05) is 24.2 Å². The number of aromatic hydroxyl groups is 1. The summed E-state index contributed by atoms with van der Waals surface area (Å²) in [6.07, 6.45) is 1.49. The summed E-state index contributed by atoms with van der Waals surface area (Å²) in [6, 6.07) is 3.27. The number of aromatic nitrogens is 1. The van der Waals surface area contributed by atoms with Crippen LogP contribution in [-0.2, 0) is 9.59 Å². The summed E-state index contributed by atoms with van der Waals surface area (Å²) in [5.41, 5.74) is -1.11. The molecule has 0 bridgehead atoms. The van der Waals surface area contributed by atoms with Crippen molar-refractivity contribution in [2.24, 2.45) is 5.92 Å². The van der Waals surface area contributed by atoms with Gasteiger partial charge >= 0.3 is 5.97 Å². The standard InChI is InChI=1S/C27H28ClFN4O6/c1-4-18(35)31-8-9-32-15(12-31)13-39-23-20(25(32)36)24(33-11-14(26(37)38)10-27(33,2)3)30-22(21(23)28)19-16(29)6-5-7-17(19)34/h4-7,14-15,34H,1,8-13H2,2-3H3,(H,37,38)/t14-,15-/m1/s1. The van der Waals surface area contributed by atoms with Crippen LogP contribution in [0.2, 0.25) is 5.02 Å². The van der Waals surface area contributed by atoms with Crippen molar-refractivity contribution < 1.29 is 33.7 Å². The smallest absolute Gasteiger partial charge is 0.308 e. The van der Waals surface area contributed by atoms with Gasteiger partial charge < -0.3 is 29.6 Å². The molecular formula is C27H28ClFN4O6. The molecule has 0 aliphatic carbocycles. The number of piperazine rings is 1. The van der Waals surface area contributed by atoms with Crippen molar-refractivity contribution in [3.05, 3.63) is 47.3 Å². The minimum atomic E-state index is -0.983. The first-order valence-electron chi connectivity index (χ1n) is 12.5. The first-order valence-corrected chi connectivity index (χ1v) is 12.9. The van der Waals surface area contributed by atoms with E-state index in [2.05, 4.69) is 11.6 Å². The van der Waals surface area contributed by atoms with Crippen molar-refractivity contribution >= 4 is 35.2 Å². The molecule has 0 radical (unpaired) electrons. The number of aliphatic carboxylic acids is 1. The molecule has 39 heavy (non-hydrogen) atoms. The molecule has 2 aromatic rings. The fourth-order valence-electron chi connectivity index (χ4n) is 5.67. The minimum Gasteiger partial charge on any atom is -0.507 e. The fraction of sp³-hybridized carbons (Fsp3) is 0.407. The van der Waals surface area contributed by atoms with Crippen LogP contribution in [0.25, 0.3) is 11.3 Å². The normalized spacial score (nSPS) is 22.1. The Kier molecular flexibility index (Phi) is 6.66. The molecule has 206 valence electrons. The van der Waals surface area contributed by atoms with Crippen LogP contribution < -0.4 is 9.64 Å². The minimum absolute atomic E-state index is 0.00727. The number of carbonyl (C=O) groups excluding carboxylic acids is 2. The summed E-state index contributed by atoms with van der Waals surface area (Å²) < 4.78 is 21.1. The Bertz CT molecular complexity index is 1380. The van der Waals surface area contributed by atoms with E-state index in [1.165, 1.54) is 18.2 Å². The van der Waals surface area contributed by atoms with E-state index in [0.29, 0.717) is 0 Å². The predicted octanol–water partition coefficient (Wildman–Crippen LogP) is 3.17. The van der Waals surface area contributed by atoms with Gasteiger partial charge in [-0.05, 0) is 38.5 Å². The molecule has 12 heteroatoms. The van der Waals surface area contributed by atoms with Crippen molar-refractivity contribution in [3.63, 3.8) is 0 Å². The zero-order chi connectivity index (χ0) is 28.2. The van der Waals surface area contributed by atoms with Crippen molar-refractivity contribution in [2.75, 3.05) is 37.7 Å². The molecule has 2 N–H and O–H groups in total. The van der Waals surface area contributed by atoms with Gasteiger partial charge in [-0.25, -0.2) is 9.37 Å². The van der Waals surface area contributed by atoms with Crippen LogP contribution >= 0.6 is 11.6 Å². The van der Waals surface area contributed by atoms with Crippen molar-refractivity contribution in [1.82, 2.24) is 14.8 Å². The van der Waals surface area contributed by atoms with Crippen LogP contribution in [0.3, 0.4) is 0 Å². The Morgan fingerprint density at radius 2 is 2.00 bits per heavy atom. The monoisotopic (exact) mass is 558 g/mol. The highest BCUT2D eigenvalue weighted by Crippen LogP contribution is 2.48. The number of carbonyl (C=O) groups is 3. The number of rotatable bonds is 4. The average molecular weight is 559 g/mol. The Hall–Kier alpha value is -3.86. The molecule has 2 fully saturated rings. The van der Waals surface area contributed by atoms with E-state index < -0.39 is 40.9 Å². The maximum atomic E-state index is 15.0. The zero-order valence-electron chi connectivity index (χ0n) is 21.5. The molecule has 0 spiro atoms. The van der Waals surface area contributed by atoms with Gasteiger partial charge in [0, 0.05) is 31.7 Å². The lowest BCUT2D eigenvalue weighted by Gasteiger charge is -2.40. The molecule has 2 atom stereocenters. The number of anilines is 1. The number of fused-ring (bicyclic) bond motifs is 2. The average Bonchev–Trinajstić information content (AvgIpc) is 3.14. The molecule has 0 unspecified atom stereocenters. The number of pyridine rings is 1. The number of phenolic OH excluding ortho intramolecular Hbond substituents is 1. The summed E-state index contributed by atoms with van der Waals surface area (Å²) in [6.45, 7) is 7.96. The third kappa shape index (κ3) is 4.44. The second-order valence-electron chi connectivity index (χ2n) is 10.6. The zero-order valence-corrected chi connectivity index (χ0v) is 22.2. The number of carboxylic acid groups (broad SMARTS) is 1. The molecule has 1 aromatic carbocycles. The van der Waals surface area contributed by atoms with Crippen LogP contribution in [0, 0.1) is 11.7 Å². The maximum Gasteiger partial charge on any atom is 0.308 e. The summed E-state index contributed by atoms with van der Waals surface area (Å²) in [7, 11) is 0. The number of amides is 2. The summed E-state index contributed by atoms with van der Waals surface area (Å²) in [4.78, 5) is 47.8. The molecule has 3 aliphatic heterocycles. The molecule has 10 nitrogen and oxygen atoms in total. The lowest BCUT2D eigenvalue weighted by atomic mass is 9.96. The van der Waals surface area contributed by atoms with E-state index in [4.69, 9.17) is 16.3 Å². The van der Waals surface area contributed by atoms with Crippen LogP contribution in [0.4, 0.5) is 10.2 Å². The van der Waals surface area contributed by atoms with E-state index in [0.717, 1.165) is 6.07 Å². The van der Waals surface area contributed by atoms with Crippen molar-refractivity contribution in [2.45, 2.75) is 31.8 Å². The molecule has 0 saturated carbocycles. The van der Waals surface area contributed by atoms with E-state index in [1.54, 1.807) is 14.7 Å². The lowest BCUT2D eigenvalue weighted by molar-refractivity contribution is -0.141. The van der Waals surface area contributed by atoms with Crippen LogP contribution in [0.15, 0.2) is 30.9 Å². The topological polar surface area (TPSA) is 124 Å². The number of halogens is 2.